The van der Waals surface area contributed by atoms with Crippen molar-refractivity contribution in [1.82, 2.24) is 10.2 Å². The van der Waals surface area contributed by atoms with Crippen molar-refractivity contribution in [3.8, 4) is 0 Å². The Morgan fingerprint density at radius 3 is 2.39 bits per heavy atom. The van der Waals surface area contributed by atoms with Crippen molar-refractivity contribution in [3.63, 3.8) is 0 Å². The maximum absolute atomic E-state index is 11.4. The third kappa shape index (κ3) is 4.32. The molecular weight excluding hydrogens is 244 g/mol. The van der Waals surface area contributed by atoms with Gasteiger partial charge in [-0.3, -0.25) is 4.21 Å². The van der Waals surface area contributed by atoms with Gasteiger partial charge in [0.1, 0.15) is 0 Å². The highest BCUT2D eigenvalue weighted by Gasteiger charge is 2.23. The smallest absolute Gasteiger partial charge is 0.0249 e. The highest BCUT2D eigenvalue weighted by molar-refractivity contribution is 7.85. The molecule has 0 aliphatic carbocycles. The normalized spacial score (nSPS) is 35.6. The summed E-state index contributed by atoms with van der Waals surface area (Å²) in [5.41, 5.74) is 0. The van der Waals surface area contributed by atoms with Crippen LogP contribution in [0.1, 0.15) is 46.0 Å². The lowest BCUT2D eigenvalue weighted by molar-refractivity contribution is 0.228. The number of likely N-dealkylation sites (tertiary alicyclic amines) is 1. The molecule has 0 saturated carbocycles. The number of nitrogens with one attached hydrogen (secondary N) is 1. The van der Waals surface area contributed by atoms with Crippen LogP contribution < -0.4 is 5.32 Å². The van der Waals surface area contributed by atoms with E-state index >= 15 is 0 Å². The van der Waals surface area contributed by atoms with E-state index in [2.05, 4.69) is 24.1 Å². The van der Waals surface area contributed by atoms with Gasteiger partial charge < -0.3 is 10.2 Å². The third-order valence-corrected chi connectivity index (χ3v) is 5.73. The van der Waals surface area contributed by atoms with Crippen molar-refractivity contribution in [1.29, 1.82) is 0 Å². The molecule has 0 amide bonds. The van der Waals surface area contributed by atoms with Gasteiger partial charge in [0.15, 0.2) is 0 Å². The van der Waals surface area contributed by atoms with E-state index in [0.717, 1.165) is 24.3 Å². The van der Waals surface area contributed by atoms with Gasteiger partial charge >= 0.3 is 0 Å². The Morgan fingerprint density at radius 2 is 1.72 bits per heavy atom. The summed E-state index contributed by atoms with van der Waals surface area (Å²) in [5.74, 6) is 1.81. The van der Waals surface area contributed by atoms with E-state index < -0.39 is 10.8 Å². The van der Waals surface area contributed by atoms with E-state index in [0.29, 0.717) is 18.1 Å². The van der Waals surface area contributed by atoms with Gasteiger partial charge in [-0.25, -0.2) is 0 Å². The second-order valence-corrected chi connectivity index (χ2v) is 7.74. The summed E-state index contributed by atoms with van der Waals surface area (Å²) >= 11 is 0. The van der Waals surface area contributed by atoms with Gasteiger partial charge in [-0.05, 0) is 59.0 Å². The van der Waals surface area contributed by atoms with Crippen LogP contribution in [0.25, 0.3) is 0 Å². The van der Waals surface area contributed by atoms with Gasteiger partial charge in [-0.2, -0.15) is 0 Å². The van der Waals surface area contributed by atoms with E-state index in [1.165, 1.54) is 32.4 Å². The van der Waals surface area contributed by atoms with Crippen LogP contribution >= 0.6 is 0 Å². The molecule has 4 heteroatoms. The van der Waals surface area contributed by atoms with Gasteiger partial charge in [-0.15, -0.1) is 0 Å². The van der Waals surface area contributed by atoms with Gasteiger partial charge in [0.25, 0.3) is 0 Å². The zero-order chi connectivity index (χ0) is 13.0. The first kappa shape index (κ1) is 14.5. The van der Waals surface area contributed by atoms with Crippen LogP contribution in [0.3, 0.4) is 0 Å². The highest BCUT2D eigenvalue weighted by atomic mass is 32.2. The summed E-state index contributed by atoms with van der Waals surface area (Å²) in [6.45, 7) is 7.08. The first-order valence-electron chi connectivity index (χ1n) is 7.50. The van der Waals surface area contributed by atoms with Gasteiger partial charge in [-0.1, -0.05) is 0 Å². The highest BCUT2D eigenvalue weighted by Crippen LogP contribution is 2.16. The Bertz CT molecular complexity index is 273. The molecule has 2 saturated heterocycles. The van der Waals surface area contributed by atoms with Crippen molar-refractivity contribution < 1.29 is 4.21 Å². The van der Waals surface area contributed by atoms with Crippen LogP contribution in [0, 0.1) is 0 Å². The molecule has 3 nitrogen and oxygen atoms in total. The summed E-state index contributed by atoms with van der Waals surface area (Å²) in [6.07, 6.45) is 6.11. The summed E-state index contributed by atoms with van der Waals surface area (Å²) in [7, 11) is -0.531. The van der Waals surface area contributed by atoms with Crippen LogP contribution in [0.5, 0.6) is 0 Å². The maximum Gasteiger partial charge on any atom is 0.0249 e. The molecule has 0 bridgehead atoms. The Kier molecular flexibility index (Phi) is 5.64. The quantitative estimate of drug-likeness (QED) is 0.849. The van der Waals surface area contributed by atoms with Crippen molar-refractivity contribution in [2.45, 2.75) is 64.1 Å². The fraction of sp³-hybridized carbons (Fsp3) is 1.00. The molecule has 1 atom stereocenters. The molecule has 0 aromatic heterocycles. The second kappa shape index (κ2) is 7.01. The molecule has 2 fully saturated rings. The molecule has 106 valence electrons. The second-order valence-electron chi connectivity index (χ2n) is 6.05. The Hall–Kier alpha value is 0.0700. The van der Waals surface area contributed by atoms with Crippen molar-refractivity contribution >= 4 is 10.8 Å². The molecule has 2 aliphatic heterocycles. The fourth-order valence-electron chi connectivity index (χ4n) is 3.10. The molecule has 0 spiro atoms. The Morgan fingerprint density at radius 1 is 1.06 bits per heavy atom. The minimum Gasteiger partial charge on any atom is -0.311 e. The molecule has 2 aliphatic rings. The molecule has 2 heterocycles. The molecule has 1 unspecified atom stereocenters. The minimum absolute atomic E-state index is 0.531. The van der Waals surface area contributed by atoms with E-state index in [-0.39, 0.29) is 0 Å². The van der Waals surface area contributed by atoms with E-state index in [1.807, 2.05) is 0 Å². The summed E-state index contributed by atoms with van der Waals surface area (Å²) < 4.78 is 11.4. The van der Waals surface area contributed by atoms with Crippen LogP contribution in [0.2, 0.25) is 0 Å². The minimum atomic E-state index is -0.531. The number of nitrogens with zero attached hydrogens (tertiary/aromatic N) is 1. The predicted molar refractivity (Wildman–Crippen MR) is 78.4 cm³/mol. The van der Waals surface area contributed by atoms with Crippen molar-refractivity contribution in [3.05, 3.63) is 0 Å². The van der Waals surface area contributed by atoms with Gasteiger partial charge in [0, 0.05) is 40.4 Å². The molecule has 18 heavy (non-hydrogen) atoms. The van der Waals surface area contributed by atoms with E-state index in [9.17, 15) is 4.21 Å². The zero-order valence-electron chi connectivity index (χ0n) is 11.9. The predicted octanol–water partition coefficient (Wildman–Crippen LogP) is 1.75. The van der Waals surface area contributed by atoms with Crippen LogP contribution in [0.15, 0.2) is 0 Å². The zero-order valence-corrected chi connectivity index (χ0v) is 12.7. The lowest BCUT2D eigenvalue weighted by Gasteiger charge is -2.28. The average molecular weight is 272 g/mol. The van der Waals surface area contributed by atoms with E-state index in [4.69, 9.17) is 0 Å². The topological polar surface area (TPSA) is 32.3 Å². The third-order valence-electron chi connectivity index (χ3n) is 4.35. The molecule has 0 aromatic rings. The summed E-state index contributed by atoms with van der Waals surface area (Å²) in [5, 5.41) is 3.82. The van der Waals surface area contributed by atoms with Crippen molar-refractivity contribution in [2.24, 2.45) is 0 Å². The van der Waals surface area contributed by atoms with Gasteiger partial charge in [0.2, 0.25) is 0 Å². The first-order valence-corrected chi connectivity index (χ1v) is 8.99. The lowest BCUT2D eigenvalue weighted by atomic mass is 10.1. The lowest BCUT2D eigenvalue weighted by Crippen LogP contribution is -2.42. The van der Waals surface area contributed by atoms with E-state index in [1.54, 1.807) is 0 Å². The number of hydrogen-bond donors (Lipinski definition) is 1. The van der Waals surface area contributed by atoms with Crippen LogP contribution in [-0.4, -0.2) is 51.8 Å². The van der Waals surface area contributed by atoms with Gasteiger partial charge in [0.05, 0.1) is 0 Å². The Balaban J connectivity index is 1.75. The first-order chi connectivity index (χ1) is 8.65. The SMILES string of the molecule is CC(C)N1CCCC(NC2CCS(=O)CC2)CC1. The Labute approximate surface area is 114 Å². The molecule has 0 radical (unpaired) electrons. The molecule has 1 N–H and O–H groups in total. The average Bonchev–Trinajstić information content (AvgIpc) is 2.58. The maximum atomic E-state index is 11.4. The monoisotopic (exact) mass is 272 g/mol. The summed E-state index contributed by atoms with van der Waals surface area (Å²) in [6, 6.07) is 1.99. The van der Waals surface area contributed by atoms with Crippen LogP contribution in [-0.2, 0) is 10.8 Å². The number of rotatable bonds is 3. The molecule has 0 aromatic carbocycles. The van der Waals surface area contributed by atoms with Crippen LogP contribution in [0.4, 0.5) is 0 Å². The van der Waals surface area contributed by atoms with Crippen molar-refractivity contribution in [2.75, 3.05) is 24.6 Å². The molecule has 2 rings (SSSR count). The number of hydrogen-bond acceptors (Lipinski definition) is 3. The fourth-order valence-corrected chi connectivity index (χ4v) is 4.39. The summed E-state index contributed by atoms with van der Waals surface area (Å²) in [4.78, 5) is 2.59. The standard InChI is InChI=1S/C14H28N2OS/c1-12(2)16-8-3-4-13(5-9-16)15-14-6-10-18(17)11-7-14/h12-15H,3-11H2,1-2H3. The molecular formula is C14H28N2OS. The largest absolute Gasteiger partial charge is 0.311 e.